The van der Waals surface area contributed by atoms with Gasteiger partial charge in [0.2, 0.25) is 0 Å². The van der Waals surface area contributed by atoms with Crippen LogP contribution in [-0.2, 0) is 6.54 Å². The zero-order valence-electron chi connectivity index (χ0n) is 13.5. The molecule has 1 aliphatic carbocycles. The van der Waals surface area contributed by atoms with Crippen LogP contribution < -0.4 is 10.2 Å². The molecular formula is C18H29BrN2. The van der Waals surface area contributed by atoms with E-state index >= 15 is 0 Å². The summed E-state index contributed by atoms with van der Waals surface area (Å²) in [4.78, 5) is 2.63. The van der Waals surface area contributed by atoms with Crippen LogP contribution in [0.3, 0.4) is 0 Å². The average molecular weight is 353 g/mol. The zero-order valence-corrected chi connectivity index (χ0v) is 15.1. The zero-order chi connectivity index (χ0) is 15.1. The highest BCUT2D eigenvalue weighted by atomic mass is 79.9. The molecule has 0 radical (unpaired) electrons. The Labute approximate surface area is 138 Å². The van der Waals surface area contributed by atoms with Gasteiger partial charge in [-0.05, 0) is 56.5 Å². The van der Waals surface area contributed by atoms with E-state index in [1.54, 1.807) is 0 Å². The molecule has 0 saturated heterocycles. The monoisotopic (exact) mass is 352 g/mol. The first-order valence-corrected chi connectivity index (χ1v) is 9.31. The van der Waals surface area contributed by atoms with Crippen LogP contribution >= 0.6 is 15.9 Å². The number of rotatable bonds is 7. The lowest BCUT2D eigenvalue weighted by atomic mass is 9.93. The molecule has 118 valence electrons. The van der Waals surface area contributed by atoms with Crippen LogP contribution in [0, 0.1) is 0 Å². The molecule has 1 N–H and O–H groups in total. The van der Waals surface area contributed by atoms with E-state index in [0.717, 1.165) is 25.7 Å². The number of halogens is 1. The van der Waals surface area contributed by atoms with Crippen molar-refractivity contribution in [2.45, 2.75) is 65.0 Å². The van der Waals surface area contributed by atoms with Crippen LogP contribution in [0.4, 0.5) is 5.69 Å². The van der Waals surface area contributed by atoms with E-state index in [4.69, 9.17) is 0 Å². The van der Waals surface area contributed by atoms with E-state index in [9.17, 15) is 0 Å². The molecule has 0 aliphatic heterocycles. The Bertz CT molecular complexity index is 427. The number of anilines is 1. The molecule has 0 amide bonds. The van der Waals surface area contributed by atoms with Crippen LogP contribution in [0.2, 0.25) is 0 Å². The van der Waals surface area contributed by atoms with Gasteiger partial charge in [-0.15, -0.1) is 0 Å². The number of hydrogen-bond donors (Lipinski definition) is 1. The van der Waals surface area contributed by atoms with Gasteiger partial charge in [0.05, 0.1) is 0 Å². The minimum atomic E-state index is 0.731. The lowest BCUT2D eigenvalue weighted by Gasteiger charge is -2.36. The third-order valence-electron chi connectivity index (χ3n) is 4.45. The summed E-state index contributed by atoms with van der Waals surface area (Å²) < 4.78 is 1.18. The molecule has 21 heavy (non-hydrogen) atoms. The first-order valence-electron chi connectivity index (χ1n) is 8.52. The molecule has 0 aromatic heterocycles. The third kappa shape index (κ3) is 4.72. The maximum absolute atomic E-state index is 3.63. The fraction of sp³-hybridized carbons (Fsp3) is 0.667. The SMILES string of the molecule is CCCNCc1cc(Br)ccc1N(CC)C1CCCCC1. The van der Waals surface area contributed by atoms with Crippen LogP contribution in [0.15, 0.2) is 22.7 Å². The van der Waals surface area contributed by atoms with Gasteiger partial charge >= 0.3 is 0 Å². The predicted octanol–water partition coefficient (Wildman–Crippen LogP) is 5.11. The topological polar surface area (TPSA) is 15.3 Å². The van der Waals surface area contributed by atoms with Gasteiger partial charge in [-0.1, -0.05) is 42.1 Å². The van der Waals surface area contributed by atoms with Gasteiger partial charge in [-0.3, -0.25) is 0 Å². The molecule has 1 aromatic carbocycles. The summed E-state index contributed by atoms with van der Waals surface area (Å²) in [7, 11) is 0. The number of nitrogens with one attached hydrogen (secondary N) is 1. The van der Waals surface area contributed by atoms with Crippen molar-refractivity contribution >= 4 is 21.6 Å². The molecular weight excluding hydrogens is 324 g/mol. The Kier molecular flexibility index (Phi) is 7.05. The normalized spacial score (nSPS) is 16.1. The molecule has 1 aliphatic rings. The van der Waals surface area contributed by atoms with Gasteiger partial charge in [-0.2, -0.15) is 0 Å². The third-order valence-corrected chi connectivity index (χ3v) is 4.94. The molecule has 2 nitrogen and oxygen atoms in total. The fourth-order valence-electron chi connectivity index (χ4n) is 3.39. The van der Waals surface area contributed by atoms with Crippen LogP contribution in [0.25, 0.3) is 0 Å². The van der Waals surface area contributed by atoms with Crippen molar-refractivity contribution in [2.75, 3.05) is 18.0 Å². The van der Waals surface area contributed by atoms with E-state index in [1.807, 2.05) is 0 Å². The van der Waals surface area contributed by atoms with Gasteiger partial charge in [0.1, 0.15) is 0 Å². The van der Waals surface area contributed by atoms with E-state index in [1.165, 1.54) is 54.2 Å². The highest BCUT2D eigenvalue weighted by Crippen LogP contribution is 2.31. The van der Waals surface area contributed by atoms with Crippen molar-refractivity contribution in [2.24, 2.45) is 0 Å². The molecule has 0 heterocycles. The van der Waals surface area contributed by atoms with Crippen molar-refractivity contribution in [3.8, 4) is 0 Å². The van der Waals surface area contributed by atoms with Crippen LogP contribution in [-0.4, -0.2) is 19.1 Å². The molecule has 1 saturated carbocycles. The van der Waals surface area contributed by atoms with Crippen molar-refractivity contribution in [3.05, 3.63) is 28.2 Å². The smallest absolute Gasteiger partial charge is 0.0415 e. The van der Waals surface area contributed by atoms with Gasteiger partial charge in [0.25, 0.3) is 0 Å². The highest BCUT2D eigenvalue weighted by molar-refractivity contribution is 9.10. The Hall–Kier alpha value is -0.540. The van der Waals surface area contributed by atoms with Crippen molar-refractivity contribution < 1.29 is 0 Å². The highest BCUT2D eigenvalue weighted by Gasteiger charge is 2.22. The molecule has 0 spiro atoms. The maximum Gasteiger partial charge on any atom is 0.0415 e. The van der Waals surface area contributed by atoms with Gasteiger partial charge in [0.15, 0.2) is 0 Å². The standard InChI is InChI=1S/C18H29BrN2/c1-3-12-20-14-15-13-16(19)10-11-18(15)21(4-2)17-8-6-5-7-9-17/h10-11,13,17,20H,3-9,12,14H2,1-2H3. The lowest BCUT2D eigenvalue weighted by Crippen LogP contribution is -2.37. The second-order valence-electron chi connectivity index (χ2n) is 6.03. The van der Waals surface area contributed by atoms with E-state index in [0.29, 0.717) is 0 Å². The molecule has 0 unspecified atom stereocenters. The molecule has 1 fully saturated rings. The summed E-state index contributed by atoms with van der Waals surface area (Å²) in [5.41, 5.74) is 2.85. The lowest BCUT2D eigenvalue weighted by molar-refractivity contribution is 0.417. The fourth-order valence-corrected chi connectivity index (χ4v) is 3.80. The largest absolute Gasteiger partial charge is 0.369 e. The Morgan fingerprint density at radius 2 is 1.95 bits per heavy atom. The first kappa shape index (κ1) is 16.8. The summed E-state index contributed by atoms with van der Waals surface area (Å²) in [5.74, 6) is 0. The summed E-state index contributed by atoms with van der Waals surface area (Å²) in [5, 5.41) is 3.55. The summed E-state index contributed by atoms with van der Waals surface area (Å²) in [6.07, 6.45) is 8.09. The molecule has 2 rings (SSSR count). The molecule has 1 aromatic rings. The second kappa shape index (κ2) is 8.79. The van der Waals surface area contributed by atoms with E-state index in [2.05, 4.69) is 58.2 Å². The predicted molar refractivity (Wildman–Crippen MR) is 96.0 cm³/mol. The van der Waals surface area contributed by atoms with E-state index < -0.39 is 0 Å². The quantitative estimate of drug-likeness (QED) is 0.686. The van der Waals surface area contributed by atoms with Crippen molar-refractivity contribution in [3.63, 3.8) is 0 Å². The molecule has 0 bridgehead atoms. The molecule has 3 heteroatoms. The Balaban J connectivity index is 2.18. The van der Waals surface area contributed by atoms with Crippen molar-refractivity contribution in [1.82, 2.24) is 5.32 Å². The number of hydrogen-bond acceptors (Lipinski definition) is 2. The summed E-state index contributed by atoms with van der Waals surface area (Å²) in [6, 6.07) is 7.49. The minimum Gasteiger partial charge on any atom is -0.369 e. The minimum absolute atomic E-state index is 0.731. The summed E-state index contributed by atoms with van der Waals surface area (Å²) in [6.45, 7) is 7.66. The average Bonchev–Trinajstić information content (AvgIpc) is 2.51. The Morgan fingerprint density at radius 3 is 2.62 bits per heavy atom. The summed E-state index contributed by atoms with van der Waals surface area (Å²) >= 11 is 3.63. The van der Waals surface area contributed by atoms with Gasteiger partial charge in [0, 0.05) is 29.3 Å². The number of benzene rings is 1. The van der Waals surface area contributed by atoms with Gasteiger partial charge in [-0.25, -0.2) is 0 Å². The van der Waals surface area contributed by atoms with Gasteiger partial charge < -0.3 is 10.2 Å². The first-order chi connectivity index (χ1) is 10.3. The maximum atomic E-state index is 3.63. The van der Waals surface area contributed by atoms with E-state index in [-0.39, 0.29) is 0 Å². The molecule has 0 atom stereocenters. The second-order valence-corrected chi connectivity index (χ2v) is 6.94. The van der Waals surface area contributed by atoms with Crippen LogP contribution in [0.5, 0.6) is 0 Å². The van der Waals surface area contributed by atoms with Crippen molar-refractivity contribution in [1.29, 1.82) is 0 Å². The number of nitrogens with zero attached hydrogens (tertiary/aromatic N) is 1. The van der Waals surface area contributed by atoms with Crippen LogP contribution in [0.1, 0.15) is 57.9 Å². The Morgan fingerprint density at radius 1 is 1.19 bits per heavy atom.